The Morgan fingerprint density at radius 1 is 1.00 bits per heavy atom. The van der Waals surface area contributed by atoms with Crippen LogP contribution in [0.15, 0.2) is 0 Å². The van der Waals surface area contributed by atoms with Crippen molar-refractivity contribution < 1.29 is 19.1 Å². The molecule has 0 aromatic heterocycles. The van der Waals surface area contributed by atoms with Crippen LogP contribution in [0.5, 0.6) is 0 Å². The van der Waals surface area contributed by atoms with Crippen LogP contribution in [-0.4, -0.2) is 40.0 Å². The standard InChI is InChI=1S/C9H16O4/c1-12-7-9(3-5-10,4-6-11)8-13-2/h5-6H,3-4,7-8H2,1-2H3. The van der Waals surface area contributed by atoms with E-state index in [1.54, 1.807) is 14.2 Å². The maximum Gasteiger partial charge on any atom is 0.120 e. The summed E-state index contributed by atoms with van der Waals surface area (Å²) in [6.07, 6.45) is 2.16. The fraction of sp³-hybridized carbons (Fsp3) is 0.778. The molecule has 0 aromatic carbocycles. The van der Waals surface area contributed by atoms with Crippen molar-refractivity contribution in [3.05, 3.63) is 0 Å². The van der Waals surface area contributed by atoms with Gasteiger partial charge in [-0.1, -0.05) is 0 Å². The van der Waals surface area contributed by atoms with Crippen LogP contribution in [0.3, 0.4) is 0 Å². The lowest BCUT2D eigenvalue weighted by molar-refractivity contribution is -0.116. The van der Waals surface area contributed by atoms with Crippen molar-refractivity contribution in [2.45, 2.75) is 12.8 Å². The third-order valence-corrected chi connectivity index (χ3v) is 1.93. The summed E-state index contributed by atoms with van der Waals surface area (Å²) in [6.45, 7) is 0.719. The Bertz CT molecular complexity index is 138. The molecule has 0 saturated heterocycles. The highest BCUT2D eigenvalue weighted by Gasteiger charge is 2.29. The molecule has 0 spiro atoms. The average molecular weight is 188 g/mol. The Labute approximate surface area is 78.2 Å². The van der Waals surface area contributed by atoms with Crippen LogP contribution >= 0.6 is 0 Å². The van der Waals surface area contributed by atoms with E-state index < -0.39 is 5.41 Å². The molecule has 0 bridgehead atoms. The Kier molecular flexibility index (Phi) is 6.36. The topological polar surface area (TPSA) is 52.6 Å². The first-order valence-electron chi connectivity index (χ1n) is 4.10. The number of carbonyl (C=O) groups excluding carboxylic acids is 2. The van der Waals surface area contributed by atoms with E-state index in [1.807, 2.05) is 0 Å². The summed E-state index contributed by atoms with van der Waals surface area (Å²) in [5.74, 6) is 0. The van der Waals surface area contributed by atoms with Gasteiger partial charge in [-0.2, -0.15) is 0 Å². The highest BCUT2D eigenvalue weighted by molar-refractivity contribution is 5.56. The second-order valence-electron chi connectivity index (χ2n) is 3.11. The Morgan fingerprint density at radius 2 is 1.38 bits per heavy atom. The lowest BCUT2D eigenvalue weighted by atomic mass is 9.84. The number of rotatable bonds is 8. The van der Waals surface area contributed by atoms with Gasteiger partial charge in [0.25, 0.3) is 0 Å². The van der Waals surface area contributed by atoms with Crippen molar-refractivity contribution in [3.8, 4) is 0 Å². The van der Waals surface area contributed by atoms with Crippen LogP contribution in [-0.2, 0) is 19.1 Å². The van der Waals surface area contributed by atoms with Crippen molar-refractivity contribution in [1.82, 2.24) is 0 Å². The van der Waals surface area contributed by atoms with Gasteiger partial charge >= 0.3 is 0 Å². The zero-order valence-electron chi connectivity index (χ0n) is 8.12. The molecule has 0 radical (unpaired) electrons. The molecule has 0 amide bonds. The number of hydrogen-bond acceptors (Lipinski definition) is 4. The smallest absolute Gasteiger partial charge is 0.120 e. The SMILES string of the molecule is COCC(CC=O)(CC=O)COC. The van der Waals surface area contributed by atoms with Gasteiger partial charge in [-0.3, -0.25) is 0 Å². The number of carbonyl (C=O) groups is 2. The van der Waals surface area contributed by atoms with Gasteiger partial charge in [0.15, 0.2) is 0 Å². The third-order valence-electron chi connectivity index (χ3n) is 1.93. The Hall–Kier alpha value is -0.740. The molecule has 0 aromatic rings. The molecule has 0 aliphatic rings. The molecule has 0 rings (SSSR count). The highest BCUT2D eigenvalue weighted by Crippen LogP contribution is 2.25. The second kappa shape index (κ2) is 6.74. The minimum absolute atomic E-state index is 0.285. The molecular weight excluding hydrogens is 172 g/mol. The van der Waals surface area contributed by atoms with Crippen LogP contribution in [0.2, 0.25) is 0 Å². The molecule has 0 aliphatic heterocycles. The van der Waals surface area contributed by atoms with Gasteiger partial charge in [0.2, 0.25) is 0 Å². The lowest BCUT2D eigenvalue weighted by Gasteiger charge is -2.28. The zero-order chi connectivity index (χ0) is 10.2. The average Bonchev–Trinajstić information content (AvgIpc) is 2.06. The van der Waals surface area contributed by atoms with Crippen LogP contribution in [0.4, 0.5) is 0 Å². The molecule has 0 fully saturated rings. The fourth-order valence-corrected chi connectivity index (χ4v) is 1.33. The molecule has 76 valence electrons. The quantitative estimate of drug-likeness (QED) is 0.519. The van der Waals surface area contributed by atoms with E-state index in [1.165, 1.54) is 0 Å². The van der Waals surface area contributed by atoms with E-state index in [0.29, 0.717) is 13.2 Å². The van der Waals surface area contributed by atoms with Crippen LogP contribution in [0, 0.1) is 5.41 Å². The van der Waals surface area contributed by atoms with E-state index in [4.69, 9.17) is 9.47 Å². The monoisotopic (exact) mass is 188 g/mol. The van der Waals surface area contributed by atoms with Crippen molar-refractivity contribution in [3.63, 3.8) is 0 Å². The van der Waals surface area contributed by atoms with E-state index >= 15 is 0 Å². The summed E-state index contributed by atoms with van der Waals surface area (Å²) in [5.41, 5.74) is -0.479. The summed E-state index contributed by atoms with van der Waals surface area (Å²) in [4.78, 5) is 20.8. The molecule has 4 heteroatoms. The second-order valence-corrected chi connectivity index (χ2v) is 3.11. The summed E-state index contributed by atoms with van der Waals surface area (Å²) in [5, 5.41) is 0. The first-order valence-corrected chi connectivity index (χ1v) is 4.10. The van der Waals surface area contributed by atoms with Crippen molar-refractivity contribution >= 4 is 12.6 Å². The van der Waals surface area contributed by atoms with Crippen molar-refractivity contribution in [2.75, 3.05) is 27.4 Å². The van der Waals surface area contributed by atoms with Gasteiger partial charge in [-0.05, 0) is 0 Å². The Balaban J connectivity index is 4.35. The van der Waals surface area contributed by atoms with E-state index in [0.717, 1.165) is 12.6 Å². The van der Waals surface area contributed by atoms with Crippen molar-refractivity contribution in [1.29, 1.82) is 0 Å². The summed E-state index contributed by atoms with van der Waals surface area (Å²) in [6, 6.07) is 0. The van der Waals surface area contributed by atoms with E-state index in [2.05, 4.69) is 0 Å². The van der Waals surface area contributed by atoms with Gasteiger partial charge in [-0.15, -0.1) is 0 Å². The fourth-order valence-electron chi connectivity index (χ4n) is 1.33. The molecule has 4 nitrogen and oxygen atoms in total. The minimum Gasteiger partial charge on any atom is -0.384 e. The molecule has 0 unspecified atom stereocenters. The first-order chi connectivity index (χ1) is 6.24. The minimum atomic E-state index is -0.479. The summed E-state index contributed by atoms with van der Waals surface area (Å²) < 4.78 is 9.93. The molecule has 0 heterocycles. The van der Waals surface area contributed by atoms with Crippen LogP contribution in [0.1, 0.15) is 12.8 Å². The van der Waals surface area contributed by atoms with Crippen LogP contribution in [0.25, 0.3) is 0 Å². The number of aldehydes is 2. The van der Waals surface area contributed by atoms with Gasteiger partial charge in [0.1, 0.15) is 12.6 Å². The lowest BCUT2D eigenvalue weighted by Crippen LogP contribution is -2.32. The van der Waals surface area contributed by atoms with Gasteiger partial charge in [0.05, 0.1) is 13.2 Å². The highest BCUT2D eigenvalue weighted by atomic mass is 16.5. The maximum atomic E-state index is 10.4. The van der Waals surface area contributed by atoms with Gasteiger partial charge in [-0.25, -0.2) is 0 Å². The number of methoxy groups -OCH3 is 2. The Morgan fingerprint density at radius 3 is 1.62 bits per heavy atom. The van der Waals surface area contributed by atoms with Gasteiger partial charge in [0, 0.05) is 32.5 Å². The molecular formula is C9H16O4. The predicted octanol–water partition coefficient (Wildman–Crippen LogP) is 0.444. The predicted molar refractivity (Wildman–Crippen MR) is 47.5 cm³/mol. The van der Waals surface area contributed by atoms with E-state index in [-0.39, 0.29) is 12.8 Å². The van der Waals surface area contributed by atoms with E-state index in [9.17, 15) is 9.59 Å². The van der Waals surface area contributed by atoms with Crippen LogP contribution < -0.4 is 0 Å². The molecule has 0 N–H and O–H groups in total. The zero-order valence-corrected chi connectivity index (χ0v) is 8.12. The van der Waals surface area contributed by atoms with Crippen molar-refractivity contribution in [2.24, 2.45) is 5.41 Å². The molecule has 13 heavy (non-hydrogen) atoms. The normalized spacial score (nSPS) is 11.2. The summed E-state index contributed by atoms with van der Waals surface area (Å²) in [7, 11) is 3.08. The number of ether oxygens (including phenoxy) is 2. The van der Waals surface area contributed by atoms with Gasteiger partial charge < -0.3 is 19.1 Å². The molecule has 0 atom stereocenters. The molecule has 0 aliphatic carbocycles. The summed E-state index contributed by atoms with van der Waals surface area (Å²) >= 11 is 0. The number of hydrogen-bond donors (Lipinski definition) is 0. The molecule has 0 saturated carbocycles. The third kappa shape index (κ3) is 4.15. The largest absolute Gasteiger partial charge is 0.384 e. The first kappa shape index (κ1) is 12.3. The maximum absolute atomic E-state index is 10.4.